The fourth-order valence-electron chi connectivity index (χ4n) is 4.38. The summed E-state index contributed by atoms with van der Waals surface area (Å²) in [5.74, 6) is 2.64. The van der Waals surface area contributed by atoms with Crippen LogP contribution in [0.3, 0.4) is 0 Å². The largest absolute Gasteiger partial charge is 0.391 e. The Morgan fingerprint density at radius 3 is 2.77 bits per heavy atom. The topological polar surface area (TPSA) is 45.5 Å². The first-order valence-corrected chi connectivity index (χ1v) is 10.6. The summed E-state index contributed by atoms with van der Waals surface area (Å²) in [6.07, 6.45) is 0.860. The number of aliphatic hydroxyl groups excluding tert-OH is 1. The predicted octanol–water partition coefficient (Wildman–Crippen LogP) is 2.56. The van der Waals surface area contributed by atoms with Crippen molar-refractivity contribution in [2.24, 2.45) is 5.92 Å². The van der Waals surface area contributed by atoms with Crippen LogP contribution >= 0.6 is 11.8 Å². The van der Waals surface area contributed by atoms with E-state index in [4.69, 9.17) is 0 Å². The number of likely N-dealkylation sites (tertiary alicyclic amines) is 1. The molecule has 4 rings (SSSR count). The van der Waals surface area contributed by atoms with Crippen LogP contribution in [0.1, 0.15) is 23.6 Å². The molecule has 0 spiro atoms. The molecular weight excluding hydrogens is 344 g/mol. The van der Waals surface area contributed by atoms with E-state index in [1.165, 1.54) is 17.7 Å². The number of aliphatic hydroxyl groups is 1. The van der Waals surface area contributed by atoms with Crippen molar-refractivity contribution in [1.29, 1.82) is 0 Å². The lowest BCUT2D eigenvalue weighted by Crippen LogP contribution is -2.49. The number of piperidine rings is 1. The number of fused-ring (bicyclic) bond motifs is 4. The molecule has 1 fully saturated rings. The van der Waals surface area contributed by atoms with Gasteiger partial charge in [-0.25, -0.2) is 0 Å². The van der Waals surface area contributed by atoms with Crippen molar-refractivity contribution in [3.63, 3.8) is 0 Å². The fourth-order valence-corrected chi connectivity index (χ4v) is 5.31. The summed E-state index contributed by atoms with van der Waals surface area (Å²) in [5, 5.41) is 10.5. The van der Waals surface area contributed by atoms with Crippen LogP contribution in [0, 0.1) is 5.92 Å². The summed E-state index contributed by atoms with van der Waals surface area (Å²) >= 11 is 1.79. The summed E-state index contributed by atoms with van der Waals surface area (Å²) in [7, 11) is 0. The molecule has 1 N–H and O–H groups in total. The van der Waals surface area contributed by atoms with E-state index in [2.05, 4.69) is 35.2 Å². The third-order valence-corrected chi connectivity index (χ3v) is 6.60. The third kappa shape index (κ3) is 4.05. The van der Waals surface area contributed by atoms with Gasteiger partial charge in [-0.05, 0) is 24.0 Å². The lowest BCUT2D eigenvalue weighted by atomic mass is 9.83. The van der Waals surface area contributed by atoms with Crippen LogP contribution in [-0.2, 0) is 12.3 Å². The highest BCUT2D eigenvalue weighted by Gasteiger charge is 2.34. The van der Waals surface area contributed by atoms with E-state index < -0.39 is 0 Å². The second-order valence-corrected chi connectivity index (χ2v) is 8.60. The van der Waals surface area contributed by atoms with Crippen LogP contribution in [0.15, 0.2) is 53.3 Å². The van der Waals surface area contributed by atoms with Gasteiger partial charge in [0.2, 0.25) is 0 Å². The van der Waals surface area contributed by atoms with Gasteiger partial charge in [0.05, 0.1) is 6.10 Å². The number of thioether (sulfide) groups is 1. The molecule has 4 nitrogen and oxygen atoms in total. The molecule has 2 aliphatic rings. The molecule has 2 aromatic rings. The van der Waals surface area contributed by atoms with Crippen LogP contribution in [0.2, 0.25) is 0 Å². The van der Waals surface area contributed by atoms with Crippen molar-refractivity contribution in [2.45, 2.75) is 30.7 Å². The molecule has 0 radical (unpaired) electrons. The molecule has 1 saturated heterocycles. The number of nitrogens with zero attached hydrogens (tertiary/aromatic N) is 2. The molecule has 1 aromatic heterocycles. The van der Waals surface area contributed by atoms with Gasteiger partial charge in [0.1, 0.15) is 0 Å². The van der Waals surface area contributed by atoms with Crippen molar-refractivity contribution in [1.82, 2.24) is 9.47 Å². The maximum atomic E-state index is 12.1. The first-order chi connectivity index (χ1) is 12.7. The van der Waals surface area contributed by atoms with E-state index in [0.29, 0.717) is 11.8 Å². The normalized spacial score (nSPS) is 23.4. The second kappa shape index (κ2) is 7.99. The van der Waals surface area contributed by atoms with E-state index in [9.17, 15) is 9.90 Å². The number of hydrogen-bond donors (Lipinski definition) is 1. The number of hydrogen-bond acceptors (Lipinski definition) is 4. The second-order valence-electron chi connectivity index (χ2n) is 7.57. The van der Waals surface area contributed by atoms with Gasteiger partial charge in [0.15, 0.2) is 0 Å². The zero-order valence-corrected chi connectivity index (χ0v) is 15.8. The molecule has 3 atom stereocenters. The average molecular weight is 371 g/mol. The van der Waals surface area contributed by atoms with E-state index in [-0.39, 0.29) is 11.7 Å². The zero-order valence-electron chi connectivity index (χ0n) is 15.0. The van der Waals surface area contributed by atoms with Crippen molar-refractivity contribution in [3.8, 4) is 0 Å². The van der Waals surface area contributed by atoms with Gasteiger partial charge < -0.3 is 9.67 Å². The Kier molecular flexibility index (Phi) is 5.48. The van der Waals surface area contributed by atoms with Crippen molar-refractivity contribution in [2.75, 3.05) is 25.4 Å². The molecule has 1 aromatic carbocycles. The Hall–Kier alpha value is -1.56. The number of aromatic nitrogens is 1. The molecule has 0 amide bonds. The monoisotopic (exact) mass is 370 g/mol. The maximum absolute atomic E-state index is 12.1. The number of β-amino-alcohol motifs (C(OH)–C–C–N with tert-alkyl or cyclic N) is 1. The van der Waals surface area contributed by atoms with Gasteiger partial charge in [-0.2, -0.15) is 11.8 Å². The molecule has 0 aliphatic carbocycles. The van der Waals surface area contributed by atoms with Gasteiger partial charge >= 0.3 is 0 Å². The van der Waals surface area contributed by atoms with Gasteiger partial charge in [0, 0.05) is 55.4 Å². The van der Waals surface area contributed by atoms with Crippen molar-refractivity contribution >= 4 is 11.8 Å². The number of benzene rings is 1. The Morgan fingerprint density at radius 1 is 1.08 bits per heavy atom. The molecule has 26 heavy (non-hydrogen) atoms. The highest BCUT2D eigenvalue weighted by Crippen LogP contribution is 2.34. The molecule has 138 valence electrons. The van der Waals surface area contributed by atoms with Gasteiger partial charge in [0.25, 0.3) is 5.56 Å². The first kappa shape index (κ1) is 17.8. The van der Waals surface area contributed by atoms with E-state index >= 15 is 0 Å². The van der Waals surface area contributed by atoms with Gasteiger partial charge in [-0.3, -0.25) is 9.69 Å². The summed E-state index contributed by atoms with van der Waals surface area (Å²) < 4.78 is 1.96. The Balaban J connectivity index is 1.30. The van der Waals surface area contributed by atoms with Crippen LogP contribution in [0.25, 0.3) is 0 Å². The predicted molar refractivity (Wildman–Crippen MR) is 107 cm³/mol. The van der Waals surface area contributed by atoms with E-state index in [1.54, 1.807) is 17.8 Å². The van der Waals surface area contributed by atoms with Crippen LogP contribution in [0.5, 0.6) is 0 Å². The maximum Gasteiger partial charge on any atom is 0.250 e. The minimum absolute atomic E-state index is 0.128. The van der Waals surface area contributed by atoms with Crippen molar-refractivity contribution < 1.29 is 5.11 Å². The molecule has 5 heteroatoms. The highest BCUT2D eigenvalue weighted by molar-refractivity contribution is 7.98. The summed E-state index contributed by atoms with van der Waals surface area (Å²) in [6.45, 7) is 3.48. The molecule has 2 aliphatic heterocycles. The first-order valence-electron chi connectivity index (χ1n) is 9.41. The molecule has 2 bridgehead atoms. The lowest BCUT2D eigenvalue weighted by Gasteiger charge is -2.43. The molecule has 0 saturated carbocycles. The average Bonchev–Trinajstić information content (AvgIpc) is 2.63. The standard InChI is InChI=1S/C21H26N2O2S/c24-19(15-26-14-16-5-2-1-3-6-16)13-22-10-17-9-18(12-22)20-7-4-8-21(25)23(20)11-17/h1-8,17-19,24H,9-15H2/t17-,18+,19-/m0/s1. The van der Waals surface area contributed by atoms with Crippen LogP contribution in [-0.4, -0.2) is 46.1 Å². The smallest absolute Gasteiger partial charge is 0.250 e. The minimum Gasteiger partial charge on any atom is -0.391 e. The lowest BCUT2D eigenvalue weighted by molar-refractivity contribution is 0.0717. The summed E-state index contributed by atoms with van der Waals surface area (Å²) in [4.78, 5) is 14.5. The van der Waals surface area contributed by atoms with Crippen molar-refractivity contribution in [3.05, 3.63) is 70.1 Å². The van der Waals surface area contributed by atoms with E-state index in [0.717, 1.165) is 37.7 Å². The van der Waals surface area contributed by atoms with Crippen LogP contribution in [0.4, 0.5) is 0 Å². The quantitative estimate of drug-likeness (QED) is 0.849. The van der Waals surface area contributed by atoms with E-state index in [1.807, 2.05) is 16.7 Å². The number of pyridine rings is 1. The summed E-state index contributed by atoms with van der Waals surface area (Å²) in [5.41, 5.74) is 2.61. The van der Waals surface area contributed by atoms with Gasteiger partial charge in [-0.1, -0.05) is 36.4 Å². The third-order valence-electron chi connectivity index (χ3n) is 5.45. The summed E-state index contributed by atoms with van der Waals surface area (Å²) in [6, 6.07) is 16.0. The fraction of sp³-hybridized carbons (Fsp3) is 0.476. The SMILES string of the molecule is O=c1cccc2n1C[C@H]1C[C@@H]2CN(C[C@H](O)CSCc2ccccc2)C1. The number of rotatable bonds is 6. The molecule has 0 unspecified atom stereocenters. The van der Waals surface area contributed by atoms with Crippen LogP contribution < -0.4 is 5.56 Å². The minimum atomic E-state index is -0.305. The molecular formula is C21H26N2O2S. The Labute approximate surface area is 158 Å². The Morgan fingerprint density at radius 2 is 1.92 bits per heavy atom. The van der Waals surface area contributed by atoms with Gasteiger partial charge in [-0.15, -0.1) is 0 Å². The Bertz CT molecular complexity index is 792. The zero-order chi connectivity index (χ0) is 17.9. The molecule has 3 heterocycles. The highest BCUT2D eigenvalue weighted by atomic mass is 32.2.